The van der Waals surface area contributed by atoms with E-state index in [1.807, 2.05) is 0 Å². The Labute approximate surface area is 513 Å². The van der Waals surface area contributed by atoms with E-state index in [9.17, 15) is 14.4 Å². The van der Waals surface area contributed by atoms with Crippen molar-refractivity contribution in [3.05, 3.63) is 122 Å². The highest BCUT2D eigenvalue weighted by Crippen LogP contribution is 2.17. The molecule has 0 heterocycles. The molecular formula is C77H130O6. The van der Waals surface area contributed by atoms with E-state index >= 15 is 0 Å². The smallest absolute Gasteiger partial charge is 0.306 e. The van der Waals surface area contributed by atoms with E-state index in [2.05, 4.69) is 142 Å². The van der Waals surface area contributed by atoms with Crippen molar-refractivity contribution in [1.82, 2.24) is 0 Å². The summed E-state index contributed by atoms with van der Waals surface area (Å²) in [6.45, 7) is 6.39. The first-order chi connectivity index (χ1) is 41.0. The van der Waals surface area contributed by atoms with Crippen LogP contribution in [0, 0.1) is 0 Å². The first-order valence-corrected chi connectivity index (χ1v) is 35.0. The van der Waals surface area contributed by atoms with Gasteiger partial charge in [-0.1, -0.05) is 309 Å². The molecule has 0 spiro atoms. The number of hydrogen-bond acceptors (Lipinski definition) is 6. The van der Waals surface area contributed by atoms with Crippen molar-refractivity contribution in [2.45, 2.75) is 335 Å². The first-order valence-electron chi connectivity index (χ1n) is 35.0. The number of ether oxygens (including phenoxy) is 3. The number of unbranched alkanes of at least 4 members (excludes halogenated alkanes) is 32. The van der Waals surface area contributed by atoms with E-state index in [0.29, 0.717) is 19.3 Å². The monoisotopic (exact) mass is 1150 g/mol. The molecule has 0 radical (unpaired) electrons. The van der Waals surface area contributed by atoms with Gasteiger partial charge in [-0.15, -0.1) is 0 Å². The zero-order valence-corrected chi connectivity index (χ0v) is 54.4. The highest BCUT2D eigenvalue weighted by atomic mass is 16.6. The summed E-state index contributed by atoms with van der Waals surface area (Å²) in [6.07, 6.45) is 98.1. The van der Waals surface area contributed by atoms with Crippen molar-refractivity contribution in [3.63, 3.8) is 0 Å². The summed E-state index contributed by atoms with van der Waals surface area (Å²) < 4.78 is 16.9. The summed E-state index contributed by atoms with van der Waals surface area (Å²) in [5.74, 6) is -0.953. The normalized spacial score (nSPS) is 12.9. The average molecular weight is 1150 g/mol. The molecule has 0 rings (SSSR count). The van der Waals surface area contributed by atoms with E-state index in [1.54, 1.807) is 0 Å². The van der Waals surface area contributed by atoms with Crippen molar-refractivity contribution in [2.75, 3.05) is 13.2 Å². The molecule has 0 aromatic carbocycles. The van der Waals surface area contributed by atoms with Gasteiger partial charge >= 0.3 is 17.9 Å². The van der Waals surface area contributed by atoms with Crippen molar-refractivity contribution in [2.24, 2.45) is 0 Å². The third-order valence-electron chi connectivity index (χ3n) is 14.9. The summed E-state index contributed by atoms with van der Waals surface area (Å²) >= 11 is 0. The van der Waals surface area contributed by atoms with Crippen LogP contribution in [-0.4, -0.2) is 37.2 Å². The van der Waals surface area contributed by atoms with Gasteiger partial charge in [0.1, 0.15) is 13.2 Å². The number of esters is 3. The second-order valence-corrected chi connectivity index (χ2v) is 23.0. The second kappa shape index (κ2) is 70.3. The van der Waals surface area contributed by atoms with E-state index < -0.39 is 6.10 Å². The molecule has 83 heavy (non-hydrogen) atoms. The maximum absolute atomic E-state index is 12.9. The molecule has 474 valence electrons. The minimum Gasteiger partial charge on any atom is -0.462 e. The molecule has 0 aliphatic heterocycles. The van der Waals surface area contributed by atoms with Crippen LogP contribution in [0.15, 0.2) is 122 Å². The fourth-order valence-electron chi connectivity index (χ4n) is 9.76. The molecule has 0 saturated carbocycles. The molecule has 0 aliphatic rings. The minimum atomic E-state index is -0.812. The predicted molar refractivity (Wildman–Crippen MR) is 362 cm³/mol. The van der Waals surface area contributed by atoms with Crippen LogP contribution in [0.4, 0.5) is 0 Å². The zero-order chi connectivity index (χ0) is 59.9. The second-order valence-electron chi connectivity index (χ2n) is 23.0. The molecule has 0 fully saturated rings. The highest BCUT2D eigenvalue weighted by Gasteiger charge is 2.19. The minimum absolute atomic E-state index is 0.101. The Kier molecular flexibility index (Phi) is 66.7. The predicted octanol–water partition coefficient (Wildman–Crippen LogP) is 24.3. The van der Waals surface area contributed by atoms with Crippen LogP contribution >= 0.6 is 0 Å². The SMILES string of the molecule is CC/C=C\C/C=C\C/C=C\C/C=C\C/C=C\CCCC(=O)OC(COC(=O)CCCCCCCCC/C=C\CCCCCCCC)COC(=O)CCCCCCCCCCCCCCCCCCCC/C=C\C/C=C\C/C=C\C/C=C\CC. The van der Waals surface area contributed by atoms with E-state index in [-0.39, 0.29) is 37.5 Å². The van der Waals surface area contributed by atoms with Crippen LogP contribution in [-0.2, 0) is 28.6 Å². The molecule has 0 aromatic rings. The fraction of sp³-hybridized carbons (Fsp3) is 0.701. The lowest BCUT2D eigenvalue weighted by Gasteiger charge is -2.18. The van der Waals surface area contributed by atoms with Gasteiger partial charge < -0.3 is 14.2 Å². The molecule has 0 aromatic heterocycles. The maximum atomic E-state index is 12.9. The highest BCUT2D eigenvalue weighted by molar-refractivity contribution is 5.71. The van der Waals surface area contributed by atoms with Gasteiger partial charge in [0.15, 0.2) is 6.10 Å². The Bertz CT molecular complexity index is 1700. The summed E-state index contributed by atoms with van der Waals surface area (Å²) in [5.41, 5.74) is 0. The van der Waals surface area contributed by atoms with Gasteiger partial charge in [-0.2, -0.15) is 0 Å². The lowest BCUT2D eigenvalue weighted by atomic mass is 10.0. The van der Waals surface area contributed by atoms with Crippen molar-refractivity contribution in [1.29, 1.82) is 0 Å². The molecule has 6 nitrogen and oxygen atoms in total. The molecule has 1 unspecified atom stereocenters. The third-order valence-corrected chi connectivity index (χ3v) is 14.9. The Hall–Kier alpha value is -4.19. The Morgan fingerprint density at radius 1 is 0.253 bits per heavy atom. The van der Waals surface area contributed by atoms with Crippen LogP contribution in [0.5, 0.6) is 0 Å². The lowest BCUT2D eigenvalue weighted by molar-refractivity contribution is -0.167. The van der Waals surface area contributed by atoms with Gasteiger partial charge in [0.25, 0.3) is 0 Å². The van der Waals surface area contributed by atoms with Gasteiger partial charge in [0.2, 0.25) is 0 Å². The van der Waals surface area contributed by atoms with Crippen molar-refractivity contribution in [3.8, 4) is 0 Å². The van der Waals surface area contributed by atoms with Gasteiger partial charge in [-0.05, 0) is 122 Å². The molecule has 0 bridgehead atoms. The quantitative estimate of drug-likeness (QED) is 0.0261. The van der Waals surface area contributed by atoms with Crippen LogP contribution in [0.25, 0.3) is 0 Å². The summed E-state index contributed by atoms with van der Waals surface area (Å²) in [4.78, 5) is 38.4. The van der Waals surface area contributed by atoms with Gasteiger partial charge in [-0.3, -0.25) is 14.4 Å². The molecule has 0 N–H and O–H groups in total. The van der Waals surface area contributed by atoms with E-state index in [0.717, 1.165) is 103 Å². The topological polar surface area (TPSA) is 78.9 Å². The Morgan fingerprint density at radius 3 is 0.783 bits per heavy atom. The summed E-state index contributed by atoms with van der Waals surface area (Å²) in [5, 5.41) is 0. The van der Waals surface area contributed by atoms with Crippen LogP contribution in [0.3, 0.4) is 0 Å². The van der Waals surface area contributed by atoms with Crippen LogP contribution in [0.1, 0.15) is 329 Å². The zero-order valence-electron chi connectivity index (χ0n) is 54.4. The number of allylic oxidation sites excluding steroid dienone is 20. The molecular weight excluding hydrogens is 1020 g/mol. The molecule has 6 heteroatoms. The Balaban J connectivity index is 4.30. The van der Waals surface area contributed by atoms with Gasteiger partial charge in [-0.25, -0.2) is 0 Å². The molecule has 0 aliphatic carbocycles. The largest absolute Gasteiger partial charge is 0.462 e. The van der Waals surface area contributed by atoms with Gasteiger partial charge in [0.05, 0.1) is 0 Å². The van der Waals surface area contributed by atoms with Crippen molar-refractivity contribution >= 4 is 17.9 Å². The number of carbonyl (C=O) groups excluding carboxylic acids is 3. The Morgan fingerprint density at radius 2 is 0.482 bits per heavy atom. The first kappa shape index (κ1) is 78.8. The van der Waals surface area contributed by atoms with Crippen molar-refractivity contribution < 1.29 is 28.6 Å². The lowest BCUT2D eigenvalue weighted by Crippen LogP contribution is -2.30. The van der Waals surface area contributed by atoms with Crippen LogP contribution < -0.4 is 0 Å². The standard InChI is InChI=1S/C77H130O6/c1-4-7-10-13-16-19-22-25-28-31-32-33-34-35-36-37-38-39-40-41-42-43-44-47-49-52-55-58-61-64-67-70-76(79)82-73-74(83-77(80)71-68-65-62-59-56-53-50-46-30-27-24-21-18-15-12-9-6-3)72-81-75(78)69-66-63-60-57-54-51-48-45-29-26-23-20-17-14-11-8-5-2/h7,9-10,12,16,18-19,21,25-30,32-33,50,53,59,62,74H,4-6,8,11,13-15,17,20,22-24,31,34-49,51-52,54-58,60-61,63-73H2,1-3H3/b10-7-,12-9-,19-16-,21-18-,28-25-,29-26-,30-27-,33-32-,53-50-,62-59-. The van der Waals surface area contributed by atoms with E-state index in [1.165, 1.54) is 180 Å². The van der Waals surface area contributed by atoms with Crippen LogP contribution in [0.2, 0.25) is 0 Å². The number of carbonyl (C=O) groups is 3. The number of hydrogen-bond donors (Lipinski definition) is 0. The number of rotatable bonds is 63. The van der Waals surface area contributed by atoms with Gasteiger partial charge in [0, 0.05) is 19.3 Å². The molecule has 1 atom stereocenters. The summed E-state index contributed by atoms with van der Waals surface area (Å²) in [7, 11) is 0. The average Bonchev–Trinajstić information content (AvgIpc) is 3.50. The summed E-state index contributed by atoms with van der Waals surface area (Å²) in [6, 6.07) is 0. The third kappa shape index (κ3) is 68.5. The fourth-order valence-corrected chi connectivity index (χ4v) is 9.76. The molecule has 0 amide bonds. The maximum Gasteiger partial charge on any atom is 0.306 e. The van der Waals surface area contributed by atoms with E-state index in [4.69, 9.17) is 14.2 Å². The molecule has 0 saturated heterocycles.